The van der Waals surface area contributed by atoms with Gasteiger partial charge < -0.3 is 10.3 Å². The summed E-state index contributed by atoms with van der Waals surface area (Å²) in [6, 6.07) is 12.8. The van der Waals surface area contributed by atoms with Gasteiger partial charge in [-0.15, -0.1) is 5.10 Å². The Morgan fingerprint density at radius 2 is 1.79 bits per heavy atom. The first-order valence-corrected chi connectivity index (χ1v) is 11.7. The zero-order valence-electron chi connectivity index (χ0n) is 18.3. The van der Waals surface area contributed by atoms with Gasteiger partial charge in [0.1, 0.15) is 5.52 Å². The molecular formula is C23H23N5O4S. The van der Waals surface area contributed by atoms with Crippen LogP contribution in [-0.4, -0.2) is 28.9 Å². The number of aromatic amines is 1. The second-order valence-corrected chi connectivity index (χ2v) is 9.53. The third kappa shape index (κ3) is 4.57. The maximum absolute atomic E-state index is 12.8. The second-order valence-electron chi connectivity index (χ2n) is 7.97. The summed E-state index contributed by atoms with van der Waals surface area (Å²) < 4.78 is 24.2. The van der Waals surface area contributed by atoms with Gasteiger partial charge in [-0.05, 0) is 61.7 Å². The average molecular weight is 466 g/mol. The van der Waals surface area contributed by atoms with Crippen molar-refractivity contribution in [1.82, 2.24) is 19.9 Å². The van der Waals surface area contributed by atoms with Gasteiger partial charge in [-0.25, -0.2) is 18.1 Å². The molecule has 4 aromatic rings. The highest BCUT2D eigenvalue weighted by molar-refractivity contribution is 7.89. The quantitative estimate of drug-likeness (QED) is 0.415. The van der Waals surface area contributed by atoms with E-state index in [1.165, 1.54) is 28.9 Å². The number of sulfonamides is 1. The molecule has 0 bridgehead atoms. The van der Waals surface area contributed by atoms with Crippen LogP contribution in [0.2, 0.25) is 0 Å². The molecule has 4 rings (SSSR count). The van der Waals surface area contributed by atoms with E-state index in [2.05, 4.69) is 15.4 Å². The fourth-order valence-electron chi connectivity index (χ4n) is 3.46. The number of nitrogens with two attached hydrogens (primary N) is 1. The van der Waals surface area contributed by atoms with Crippen LogP contribution in [-0.2, 0) is 10.0 Å². The number of benzene rings is 2. The molecular weight excluding hydrogens is 442 g/mol. The number of primary sulfonamides is 1. The number of rotatable bonds is 5. The number of nitrogens with one attached hydrogen (secondary N) is 2. The standard InChI is InChI=1S/C23H23N5O4S/c1-13-4-5-17(10-14(13)2)21-26-23(30)20-11-18(12-28(20)27-21)22(29)25-15(3)16-6-8-19(9-7-16)33(24,31)32/h4-12,15H,1-3H3,(H,25,29)(H2,24,31,32)(H,26,27,30). The minimum atomic E-state index is -3.79. The van der Waals surface area contributed by atoms with Crippen LogP contribution in [0.3, 0.4) is 0 Å². The summed E-state index contributed by atoms with van der Waals surface area (Å²) in [6.45, 7) is 5.75. The number of nitrogens with zero attached hydrogens (tertiary/aromatic N) is 2. The van der Waals surface area contributed by atoms with E-state index < -0.39 is 22.0 Å². The lowest BCUT2D eigenvalue weighted by Gasteiger charge is -2.14. The Kier molecular flexibility index (Phi) is 5.64. The Labute approximate surface area is 190 Å². The molecule has 1 unspecified atom stereocenters. The third-order valence-corrected chi connectivity index (χ3v) is 6.50. The van der Waals surface area contributed by atoms with Crippen molar-refractivity contribution in [3.8, 4) is 11.4 Å². The summed E-state index contributed by atoms with van der Waals surface area (Å²) in [7, 11) is -3.79. The van der Waals surface area contributed by atoms with Crippen LogP contribution in [0.1, 0.15) is 40.0 Å². The Balaban J connectivity index is 1.59. The molecule has 1 atom stereocenters. The first-order chi connectivity index (χ1) is 15.5. The summed E-state index contributed by atoms with van der Waals surface area (Å²) in [4.78, 5) is 28.2. The van der Waals surface area contributed by atoms with Gasteiger partial charge in [-0.3, -0.25) is 9.59 Å². The normalized spacial score (nSPS) is 12.6. The monoisotopic (exact) mass is 465 g/mol. The number of carbonyl (C=O) groups excluding carboxylic acids is 1. The predicted octanol–water partition coefficient (Wildman–Crippen LogP) is 2.44. The van der Waals surface area contributed by atoms with Crippen molar-refractivity contribution >= 4 is 21.4 Å². The lowest BCUT2D eigenvalue weighted by molar-refractivity contribution is 0.0940. The van der Waals surface area contributed by atoms with Crippen molar-refractivity contribution in [2.24, 2.45) is 5.14 Å². The molecule has 10 heteroatoms. The molecule has 0 aliphatic heterocycles. The molecule has 0 radical (unpaired) electrons. The number of fused-ring (bicyclic) bond motifs is 1. The molecule has 33 heavy (non-hydrogen) atoms. The second kappa shape index (κ2) is 8.30. The molecule has 4 N–H and O–H groups in total. The SMILES string of the molecule is Cc1ccc(-c2nn3cc(C(=O)NC(C)c4ccc(S(N)(=O)=O)cc4)cc3c(=O)[nH]2)cc1C. The predicted molar refractivity (Wildman–Crippen MR) is 124 cm³/mol. The largest absolute Gasteiger partial charge is 0.345 e. The lowest BCUT2D eigenvalue weighted by atomic mass is 10.1. The smallest absolute Gasteiger partial charge is 0.275 e. The topological polar surface area (TPSA) is 139 Å². The zero-order valence-corrected chi connectivity index (χ0v) is 19.1. The first-order valence-electron chi connectivity index (χ1n) is 10.2. The molecule has 0 aliphatic carbocycles. The molecule has 0 saturated heterocycles. The van der Waals surface area contributed by atoms with Crippen molar-refractivity contribution in [2.45, 2.75) is 31.7 Å². The van der Waals surface area contributed by atoms with Crippen LogP contribution in [0.5, 0.6) is 0 Å². The van der Waals surface area contributed by atoms with Crippen molar-refractivity contribution in [3.63, 3.8) is 0 Å². The molecule has 2 aromatic carbocycles. The number of H-pyrrole nitrogens is 1. The van der Waals surface area contributed by atoms with E-state index in [9.17, 15) is 18.0 Å². The highest BCUT2D eigenvalue weighted by atomic mass is 32.2. The highest BCUT2D eigenvalue weighted by Crippen LogP contribution is 2.19. The Bertz CT molecular complexity index is 1540. The van der Waals surface area contributed by atoms with Crippen LogP contribution in [0.25, 0.3) is 16.9 Å². The summed E-state index contributed by atoms with van der Waals surface area (Å²) >= 11 is 0. The molecule has 0 aliphatic rings. The fraction of sp³-hybridized carbons (Fsp3) is 0.174. The molecule has 2 aromatic heterocycles. The van der Waals surface area contributed by atoms with E-state index in [4.69, 9.17) is 5.14 Å². The number of carbonyl (C=O) groups is 1. The summed E-state index contributed by atoms with van der Waals surface area (Å²) in [6.07, 6.45) is 1.50. The molecule has 0 spiro atoms. The van der Waals surface area contributed by atoms with Crippen LogP contribution < -0.4 is 16.0 Å². The summed E-state index contributed by atoms with van der Waals surface area (Å²) in [5, 5.41) is 12.4. The first kappa shape index (κ1) is 22.4. The van der Waals surface area contributed by atoms with Gasteiger partial charge in [-0.1, -0.05) is 24.3 Å². The number of amides is 1. The van der Waals surface area contributed by atoms with Crippen LogP contribution in [0.15, 0.2) is 64.4 Å². The van der Waals surface area contributed by atoms with Crippen molar-refractivity contribution in [3.05, 3.63) is 87.3 Å². The average Bonchev–Trinajstić information content (AvgIpc) is 3.20. The van der Waals surface area contributed by atoms with Crippen molar-refractivity contribution in [1.29, 1.82) is 0 Å². The van der Waals surface area contributed by atoms with E-state index >= 15 is 0 Å². The van der Waals surface area contributed by atoms with E-state index in [0.717, 1.165) is 16.7 Å². The van der Waals surface area contributed by atoms with Crippen molar-refractivity contribution < 1.29 is 13.2 Å². The van der Waals surface area contributed by atoms with Gasteiger partial charge in [0.2, 0.25) is 10.0 Å². The molecule has 0 fully saturated rings. The Hall–Kier alpha value is -3.76. The van der Waals surface area contributed by atoms with E-state index in [-0.39, 0.29) is 21.5 Å². The van der Waals surface area contributed by atoms with Crippen LogP contribution in [0.4, 0.5) is 0 Å². The van der Waals surface area contributed by atoms with E-state index in [1.807, 2.05) is 32.0 Å². The maximum atomic E-state index is 12.8. The number of hydrogen-bond donors (Lipinski definition) is 3. The third-order valence-electron chi connectivity index (χ3n) is 5.57. The van der Waals surface area contributed by atoms with Gasteiger partial charge in [0, 0.05) is 11.8 Å². The van der Waals surface area contributed by atoms with Gasteiger partial charge in [0.05, 0.1) is 16.5 Å². The fourth-order valence-corrected chi connectivity index (χ4v) is 3.98. The number of hydrogen-bond acceptors (Lipinski definition) is 5. The summed E-state index contributed by atoms with van der Waals surface area (Å²) in [5.74, 6) is 0.0112. The minimum Gasteiger partial charge on any atom is -0.345 e. The Morgan fingerprint density at radius 3 is 2.42 bits per heavy atom. The van der Waals surface area contributed by atoms with Crippen LogP contribution in [0, 0.1) is 13.8 Å². The number of aryl methyl sites for hydroxylation is 2. The minimum absolute atomic E-state index is 0.00617. The molecule has 170 valence electrons. The van der Waals surface area contributed by atoms with Gasteiger partial charge >= 0.3 is 0 Å². The van der Waals surface area contributed by atoms with E-state index in [1.54, 1.807) is 19.1 Å². The summed E-state index contributed by atoms with van der Waals surface area (Å²) in [5.41, 5.74) is 3.85. The lowest BCUT2D eigenvalue weighted by Crippen LogP contribution is -2.26. The van der Waals surface area contributed by atoms with Gasteiger partial charge in [-0.2, -0.15) is 0 Å². The molecule has 1 amide bonds. The highest BCUT2D eigenvalue weighted by Gasteiger charge is 2.17. The van der Waals surface area contributed by atoms with Gasteiger partial charge in [0.25, 0.3) is 11.5 Å². The zero-order chi connectivity index (χ0) is 23.9. The molecule has 0 saturated carbocycles. The van der Waals surface area contributed by atoms with Crippen molar-refractivity contribution in [2.75, 3.05) is 0 Å². The molecule has 2 heterocycles. The number of aromatic nitrogens is 3. The van der Waals surface area contributed by atoms with Gasteiger partial charge in [0.15, 0.2) is 5.82 Å². The molecule has 9 nitrogen and oxygen atoms in total. The maximum Gasteiger partial charge on any atom is 0.275 e. The Morgan fingerprint density at radius 1 is 1.09 bits per heavy atom. The van der Waals surface area contributed by atoms with Crippen LogP contribution >= 0.6 is 0 Å². The van der Waals surface area contributed by atoms with E-state index in [0.29, 0.717) is 11.4 Å².